The number of nitrogen functional groups attached to an aromatic ring is 1. The van der Waals surface area contributed by atoms with Gasteiger partial charge in [-0.2, -0.15) is 0 Å². The zero-order valence-electron chi connectivity index (χ0n) is 13.0. The van der Waals surface area contributed by atoms with Gasteiger partial charge in [0.25, 0.3) is 0 Å². The molecule has 0 aromatic carbocycles. The average molecular weight is 292 g/mol. The average Bonchev–Trinajstić information content (AvgIpc) is 2.72. The molecular weight excluding hydrogens is 268 g/mol. The largest absolute Gasteiger partial charge is 0.354 e. The van der Waals surface area contributed by atoms with Crippen molar-refractivity contribution in [1.29, 1.82) is 0 Å². The number of hydrazine groups is 1. The lowest BCUT2D eigenvalue weighted by atomic mass is 10.0. The number of hydrogen-bond acceptors (Lipinski definition) is 6. The first-order valence-corrected chi connectivity index (χ1v) is 7.36. The third-order valence-corrected chi connectivity index (χ3v) is 3.82. The van der Waals surface area contributed by atoms with E-state index >= 15 is 0 Å². The number of amides is 1. The minimum atomic E-state index is 0.132. The van der Waals surface area contributed by atoms with Crippen LogP contribution in [-0.4, -0.2) is 47.0 Å². The minimum Gasteiger partial charge on any atom is -0.354 e. The van der Waals surface area contributed by atoms with Gasteiger partial charge in [0.05, 0.1) is 0 Å². The van der Waals surface area contributed by atoms with Crippen molar-refractivity contribution in [2.24, 2.45) is 5.84 Å². The van der Waals surface area contributed by atoms with Gasteiger partial charge < -0.3 is 15.2 Å². The molecule has 1 saturated heterocycles. The van der Waals surface area contributed by atoms with E-state index in [0.29, 0.717) is 5.82 Å². The first kappa shape index (κ1) is 15.5. The molecule has 1 amide bonds. The van der Waals surface area contributed by atoms with Crippen LogP contribution in [0.25, 0.3) is 0 Å². The lowest BCUT2D eigenvalue weighted by Crippen LogP contribution is -2.34. The van der Waals surface area contributed by atoms with Gasteiger partial charge in [0.2, 0.25) is 5.91 Å². The number of anilines is 2. The molecule has 0 radical (unpaired) electrons. The second kappa shape index (κ2) is 6.71. The van der Waals surface area contributed by atoms with Gasteiger partial charge in [-0.15, -0.1) is 0 Å². The number of carbonyl (C=O) groups is 1. The molecule has 3 N–H and O–H groups in total. The molecule has 2 heterocycles. The maximum atomic E-state index is 11.5. The Kier molecular flexibility index (Phi) is 4.95. The van der Waals surface area contributed by atoms with Crippen LogP contribution in [0.4, 0.5) is 11.6 Å². The van der Waals surface area contributed by atoms with E-state index in [-0.39, 0.29) is 11.8 Å². The number of nitrogens with one attached hydrogen (secondary N) is 1. The molecule has 21 heavy (non-hydrogen) atoms. The van der Waals surface area contributed by atoms with Crippen molar-refractivity contribution in [3.8, 4) is 0 Å². The number of aromatic nitrogens is 2. The van der Waals surface area contributed by atoms with Gasteiger partial charge in [-0.05, 0) is 12.3 Å². The fourth-order valence-corrected chi connectivity index (χ4v) is 2.73. The highest BCUT2D eigenvalue weighted by Gasteiger charge is 2.22. The maximum absolute atomic E-state index is 11.5. The molecule has 0 bridgehead atoms. The monoisotopic (exact) mass is 292 g/mol. The molecule has 0 atom stereocenters. The third-order valence-electron chi connectivity index (χ3n) is 3.82. The first-order chi connectivity index (χ1) is 10.0. The summed E-state index contributed by atoms with van der Waals surface area (Å²) in [5.74, 6) is 7.55. The van der Waals surface area contributed by atoms with E-state index in [1.165, 1.54) is 6.33 Å². The first-order valence-electron chi connectivity index (χ1n) is 7.36. The quantitative estimate of drug-likeness (QED) is 0.637. The molecule has 7 heteroatoms. The van der Waals surface area contributed by atoms with Crippen molar-refractivity contribution in [1.82, 2.24) is 14.9 Å². The topological polar surface area (TPSA) is 87.4 Å². The van der Waals surface area contributed by atoms with Crippen LogP contribution >= 0.6 is 0 Å². The van der Waals surface area contributed by atoms with Crippen LogP contribution in [0, 0.1) is 0 Å². The molecule has 1 fully saturated rings. The van der Waals surface area contributed by atoms with E-state index in [4.69, 9.17) is 5.84 Å². The zero-order valence-corrected chi connectivity index (χ0v) is 13.0. The lowest BCUT2D eigenvalue weighted by molar-refractivity contribution is -0.128. The Hall–Kier alpha value is -1.89. The molecule has 0 saturated carbocycles. The van der Waals surface area contributed by atoms with Crippen LogP contribution in [0.15, 0.2) is 6.33 Å². The van der Waals surface area contributed by atoms with Crippen LogP contribution in [0.2, 0.25) is 0 Å². The van der Waals surface area contributed by atoms with Crippen molar-refractivity contribution in [2.45, 2.75) is 33.1 Å². The summed E-state index contributed by atoms with van der Waals surface area (Å²) in [4.78, 5) is 24.3. The highest BCUT2D eigenvalue weighted by atomic mass is 16.2. The van der Waals surface area contributed by atoms with E-state index in [1.54, 1.807) is 6.92 Å². The smallest absolute Gasteiger partial charge is 0.219 e. The predicted molar refractivity (Wildman–Crippen MR) is 83.0 cm³/mol. The van der Waals surface area contributed by atoms with E-state index in [9.17, 15) is 4.79 Å². The molecule has 7 nitrogen and oxygen atoms in total. The van der Waals surface area contributed by atoms with E-state index in [1.807, 2.05) is 4.90 Å². The SMILES string of the molecule is CC(=O)N1CCCN(c2ncnc(NN)c2C(C)C)CC1. The fourth-order valence-electron chi connectivity index (χ4n) is 2.73. The second-order valence-corrected chi connectivity index (χ2v) is 5.61. The zero-order chi connectivity index (χ0) is 15.4. The summed E-state index contributed by atoms with van der Waals surface area (Å²) in [6, 6.07) is 0. The Morgan fingerprint density at radius 3 is 2.67 bits per heavy atom. The van der Waals surface area contributed by atoms with Crippen molar-refractivity contribution >= 4 is 17.5 Å². The van der Waals surface area contributed by atoms with Gasteiger partial charge in [0.15, 0.2) is 0 Å². The summed E-state index contributed by atoms with van der Waals surface area (Å²) in [6.07, 6.45) is 2.47. The van der Waals surface area contributed by atoms with Crippen LogP contribution in [-0.2, 0) is 4.79 Å². The highest BCUT2D eigenvalue weighted by Crippen LogP contribution is 2.30. The number of hydrogen-bond donors (Lipinski definition) is 2. The summed E-state index contributed by atoms with van der Waals surface area (Å²) in [6.45, 7) is 9.00. The molecule has 0 spiro atoms. The fraction of sp³-hybridized carbons (Fsp3) is 0.643. The Morgan fingerprint density at radius 1 is 1.29 bits per heavy atom. The Morgan fingerprint density at radius 2 is 2.05 bits per heavy atom. The number of nitrogens with two attached hydrogens (primary N) is 1. The second-order valence-electron chi connectivity index (χ2n) is 5.61. The normalized spacial score (nSPS) is 16.0. The molecule has 1 aliphatic heterocycles. The van der Waals surface area contributed by atoms with Crippen molar-refractivity contribution < 1.29 is 4.79 Å². The van der Waals surface area contributed by atoms with Gasteiger partial charge in [-0.3, -0.25) is 4.79 Å². The van der Waals surface area contributed by atoms with E-state index in [0.717, 1.165) is 44.0 Å². The molecule has 2 rings (SSSR count). The Labute approximate surface area is 125 Å². The minimum absolute atomic E-state index is 0.132. The molecule has 0 aliphatic carbocycles. The molecule has 1 aliphatic rings. The van der Waals surface area contributed by atoms with Gasteiger partial charge in [0, 0.05) is 38.7 Å². The van der Waals surface area contributed by atoms with Crippen molar-refractivity contribution in [2.75, 3.05) is 36.5 Å². The molecular formula is C14H24N6O. The number of carbonyl (C=O) groups excluding carboxylic acids is 1. The molecule has 116 valence electrons. The number of rotatable bonds is 3. The van der Waals surface area contributed by atoms with E-state index in [2.05, 4.69) is 34.1 Å². The van der Waals surface area contributed by atoms with Crippen LogP contribution < -0.4 is 16.2 Å². The summed E-state index contributed by atoms with van der Waals surface area (Å²) >= 11 is 0. The Bertz CT molecular complexity index is 504. The van der Waals surface area contributed by atoms with E-state index < -0.39 is 0 Å². The van der Waals surface area contributed by atoms with Crippen molar-refractivity contribution in [3.05, 3.63) is 11.9 Å². The predicted octanol–water partition coefficient (Wildman–Crippen LogP) is 0.944. The highest BCUT2D eigenvalue weighted by molar-refractivity contribution is 5.73. The molecule has 0 unspecified atom stereocenters. The molecule has 1 aromatic rings. The maximum Gasteiger partial charge on any atom is 0.219 e. The van der Waals surface area contributed by atoms with Gasteiger partial charge in [0.1, 0.15) is 18.0 Å². The van der Waals surface area contributed by atoms with Gasteiger partial charge >= 0.3 is 0 Å². The summed E-state index contributed by atoms with van der Waals surface area (Å²) in [7, 11) is 0. The summed E-state index contributed by atoms with van der Waals surface area (Å²) < 4.78 is 0. The van der Waals surface area contributed by atoms with Crippen molar-refractivity contribution in [3.63, 3.8) is 0 Å². The van der Waals surface area contributed by atoms with Crippen LogP contribution in [0.5, 0.6) is 0 Å². The van der Waals surface area contributed by atoms with Gasteiger partial charge in [-0.1, -0.05) is 13.8 Å². The molecule has 1 aromatic heterocycles. The standard InChI is InChI=1S/C14H24N6O/c1-10(2)12-13(18-15)16-9-17-14(12)20-6-4-5-19(7-8-20)11(3)21/h9-10H,4-8,15H2,1-3H3,(H,16,17,18). The Balaban J connectivity index is 2.27. The number of nitrogens with zero attached hydrogens (tertiary/aromatic N) is 4. The van der Waals surface area contributed by atoms with Crippen LogP contribution in [0.3, 0.4) is 0 Å². The summed E-state index contributed by atoms with van der Waals surface area (Å²) in [5.41, 5.74) is 3.68. The van der Waals surface area contributed by atoms with Gasteiger partial charge in [-0.25, -0.2) is 15.8 Å². The lowest BCUT2D eigenvalue weighted by Gasteiger charge is -2.26. The van der Waals surface area contributed by atoms with Crippen LogP contribution in [0.1, 0.15) is 38.7 Å². The third kappa shape index (κ3) is 3.41. The summed E-state index contributed by atoms with van der Waals surface area (Å²) in [5, 5.41) is 0.